The predicted molar refractivity (Wildman–Crippen MR) is 207 cm³/mol. The molecule has 5 N–H and O–H groups in total. The number of allylic oxidation sites excluding steroid dienone is 1. The van der Waals surface area contributed by atoms with Gasteiger partial charge in [0.2, 0.25) is 0 Å². The van der Waals surface area contributed by atoms with Crippen LogP contribution in [0.2, 0.25) is 0 Å². The van der Waals surface area contributed by atoms with Crippen LogP contribution in [0.25, 0.3) is 10.8 Å². The van der Waals surface area contributed by atoms with E-state index in [9.17, 15) is 25.2 Å². The SMILES string of the molecule is COc1cc(CC(CC2=C[CH+]N=C2)C(=O)CC(O)C(Cc2cc[nH]c2)Cc2ccc(O)c(OC)c2Cc2cccc3cccc(CCO)c23)ccc1O. The number of nitrogens with zero attached hydrogens (tertiary/aromatic N) is 1. The van der Waals surface area contributed by atoms with Gasteiger partial charge < -0.3 is 34.9 Å². The van der Waals surface area contributed by atoms with E-state index >= 15 is 0 Å². The Hall–Kier alpha value is -5.51. The van der Waals surface area contributed by atoms with Crippen molar-refractivity contribution in [2.45, 2.75) is 51.0 Å². The molecule has 3 atom stereocenters. The molecule has 0 saturated heterocycles. The van der Waals surface area contributed by atoms with Crippen molar-refractivity contribution in [3.05, 3.63) is 137 Å². The first-order valence-corrected chi connectivity index (χ1v) is 18.0. The van der Waals surface area contributed by atoms with Crippen LogP contribution < -0.4 is 9.47 Å². The Morgan fingerprint density at radius 1 is 0.868 bits per heavy atom. The van der Waals surface area contributed by atoms with Gasteiger partial charge in [0.25, 0.3) is 0 Å². The van der Waals surface area contributed by atoms with E-state index in [-0.39, 0.29) is 36.2 Å². The fraction of sp³-hybridized carbons (Fsp3) is 0.295. The second-order valence-electron chi connectivity index (χ2n) is 13.7. The van der Waals surface area contributed by atoms with E-state index in [1.165, 1.54) is 7.11 Å². The van der Waals surface area contributed by atoms with Crippen LogP contribution in [0.4, 0.5) is 0 Å². The summed E-state index contributed by atoms with van der Waals surface area (Å²) in [5.74, 6) is -0.105. The second kappa shape index (κ2) is 17.3. The Balaban J connectivity index is 1.31. The summed E-state index contributed by atoms with van der Waals surface area (Å²) in [6.45, 7) is 1.73. The minimum Gasteiger partial charge on any atom is -0.504 e. The molecule has 0 saturated carbocycles. The number of ether oxygens (including phenoxy) is 2. The third-order valence-corrected chi connectivity index (χ3v) is 10.2. The van der Waals surface area contributed by atoms with Gasteiger partial charge in [0.15, 0.2) is 29.2 Å². The van der Waals surface area contributed by atoms with Crippen molar-refractivity contribution in [3.63, 3.8) is 0 Å². The fourth-order valence-electron chi connectivity index (χ4n) is 7.55. The highest BCUT2D eigenvalue weighted by atomic mass is 16.5. The number of methoxy groups -OCH3 is 2. The monoisotopic (exact) mass is 715 g/mol. The maximum absolute atomic E-state index is 14.2. The molecule has 4 aromatic carbocycles. The zero-order chi connectivity index (χ0) is 37.3. The molecule has 1 aliphatic heterocycles. The summed E-state index contributed by atoms with van der Waals surface area (Å²) < 4.78 is 11.1. The van der Waals surface area contributed by atoms with Crippen molar-refractivity contribution >= 4 is 22.8 Å². The number of carbonyl (C=O) groups is 1. The van der Waals surface area contributed by atoms with Gasteiger partial charge in [-0.2, -0.15) is 0 Å². The van der Waals surface area contributed by atoms with E-state index in [1.807, 2.05) is 48.8 Å². The molecule has 0 radical (unpaired) electrons. The number of ketones is 1. The molecule has 1 aliphatic rings. The number of aliphatic imine (C=N–C) groups is 1. The van der Waals surface area contributed by atoms with Gasteiger partial charge in [0.05, 0.1) is 26.4 Å². The minimum absolute atomic E-state index is 0.0238. The molecule has 6 rings (SSSR count). The number of aromatic hydroxyl groups is 2. The number of aliphatic hydroxyl groups excluding tert-OH is 2. The van der Waals surface area contributed by atoms with E-state index in [0.29, 0.717) is 50.0 Å². The number of H-pyrrole nitrogens is 1. The number of phenols is 2. The zero-order valence-electron chi connectivity index (χ0n) is 30.2. The summed E-state index contributed by atoms with van der Waals surface area (Å²) in [6.07, 6.45) is 9.13. The largest absolute Gasteiger partial charge is 0.504 e. The van der Waals surface area contributed by atoms with Crippen LogP contribution in [-0.2, 0) is 36.9 Å². The van der Waals surface area contributed by atoms with Crippen molar-refractivity contribution in [2.24, 2.45) is 16.8 Å². The first-order chi connectivity index (χ1) is 25.8. The Kier molecular flexibility index (Phi) is 12.2. The summed E-state index contributed by atoms with van der Waals surface area (Å²) in [5.41, 5.74) is 6.56. The molecule has 0 aliphatic carbocycles. The Bertz CT molecular complexity index is 2080. The van der Waals surface area contributed by atoms with Crippen LogP contribution in [-0.4, -0.2) is 64.3 Å². The van der Waals surface area contributed by atoms with Crippen LogP contribution >= 0.6 is 0 Å². The van der Waals surface area contributed by atoms with E-state index < -0.39 is 12.0 Å². The average Bonchev–Trinajstić information content (AvgIpc) is 3.88. The van der Waals surface area contributed by atoms with Gasteiger partial charge in [-0.1, -0.05) is 48.5 Å². The van der Waals surface area contributed by atoms with Crippen molar-refractivity contribution in [1.29, 1.82) is 0 Å². The Morgan fingerprint density at radius 3 is 2.36 bits per heavy atom. The summed E-state index contributed by atoms with van der Waals surface area (Å²) in [6, 6.07) is 22.8. The standard InChI is InChI=1S/C44H46N2O7/c1-52-42-22-28(9-11-38(42)48)19-35(20-29-13-16-45-26-29)40(50)25-41(51)36(21-30-14-17-46-27-30)23-33-10-12-39(49)44(53-2)37(33)24-34-8-4-6-31-5-3-7-32(15-18-47)43(31)34/h3-14,16-17,22,26-27,35-36,41,46-47,51H,15,18-21,23-25H2,1-2H3,(H-,48,49)/p+1. The first kappa shape index (κ1) is 37.3. The number of phenolic OH excluding ortho intramolecular Hbond substituents is 2. The number of benzene rings is 4. The van der Waals surface area contributed by atoms with Crippen molar-refractivity contribution in [2.75, 3.05) is 20.8 Å². The van der Waals surface area contributed by atoms with Crippen molar-refractivity contribution in [1.82, 2.24) is 4.98 Å². The zero-order valence-corrected chi connectivity index (χ0v) is 30.2. The molecular weight excluding hydrogens is 668 g/mol. The number of hydrogen-bond donors (Lipinski definition) is 5. The van der Waals surface area contributed by atoms with Crippen LogP contribution in [0.3, 0.4) is 0 Å². The number of rotatable bonds is 18. The number of aromatic amines is 1. The Morgan fingerprint density at radius 2 is 1.66 bits per heavy atom. The minimum atomic E-state index is -0.978. The second-order valence-corrected chi connectivity index (χ2v) is 13.7. The lowest BCUT2D eigenvalue weighted by Crippen LogP contribution is -2.31. The highest BCUT2D eigenvalue weighted by Crippen LogP contribution is 2.38. The van der Waals surface area contributed by atoms with E-state index in [4.69, 9.17) is 9.47 Å². The molecule has 274 valence electrons. The molecule has 3 unspecified atom stereocenters. The number of aromatic nitrogens is 1. The molecule has 2 heterocycles. The van der Waals surface area contributed by atoms with Crippen LogP contribution in [0, 0.1) is 18.4 Å². The van der Waals surface area contributed by atoms with Crippen molar-refractivity contribution in [3.8, 4) is 23.0 Å². The van der Waals surface area contributed by atoms with Gasteiger partial charge in [-0.15, -0.1) is 4.99 Å². The lowest BCUT2D eigenvalue weighted by Gasteiger charge is -2.26. The van der Waals surface area contributed by atoms with E-state index in [0.717, 1.165) is 49.7 Å². The summed E-state index contributed by atoms with van der Waals surface area (Å²) in [5, 5.41) is 45.1. The summed E-state index contributed by atoms with van der Waals surface area (Å²) in [7, 11) is 3.03. The summed E-state index contributed by atoms with van der Waals surface area (Å²) >= 11 is 0. The number of carbonyl (C=O) groups excluding carboxylic acids is 1. The number of Topliss-reactive ketones (excluding diaryl/α,β-unsaturated/α-hetero) is 1. The summed E-state index contributed by atoms with van der Waals surface area (Å²) in [4.78, 5) is 21.5. The highest BCUT2D eigenvalue weighted by molar-refractivity contribution is 5.89. The van der Waals surface area contributed by atoms with Crippen molar-refractivity contribution < 1.29 is 34.7 Å². The molecule has 9 nitrogen and oxygen atoms in total. The predicted octanol–water partition coefficient (Wildman–Crippen LogP) is 6.86. The number of nitrogens with one attached hydrogen (secondary N) is 1. The van der Waals surface area contributed by atoms with E-state index in [2.05, 4.69) is 28.2 Å². The molecular formula is C44H47N2O7+. The molecule has 9 heteroatoms. The highest BCUT2D eigenvalue weighted by Gasteiger charge is 2.31. The van der Waals surface area contributed by atoms with Gasteiger partial charge in [-0.05, 0) is 94.5 Å². The van der Waals surface area contributed by atoms with Crippen LogP contribution in [0.1, 0.15) is 46.2 Å². The third-order valence-electron chi connectivity index (χ3n) is 10.2. The van der Waals surface area contributed by atoms with E-state index in [1.54, 1.807) is 44.1 Å². The maximum atomic E-state index is 14.2. The average molecular weight is 716 g/mol. The molecule has 5 aromatic rings. The van der Waals surface area contributed by atoms with Gasteiger partial charge >= 0.3 is 0 Å². The number of aliphatic hydroxyl groups is 2. The Labute approximate surface area is 310 Å². The van der Waals surface area contributed by atoms with Crippen LogP contribution in [0.5, 0.6) is 23.0 Å². The molecule has 53 heavy (non-hydrogen) atoms. The molecule has 0 fully saturated rings. The fourth-order valence-corrected chi connectivity index (χ4v) is 7.55. The lowest BCUT2D eigenvalue weighted by atomic mass is 9.81. The maximum Gasteiger partial charge on any atom is 0.176 e. The van der Waals surface area contributed by atoms with Gasteiger partial charge in [0, 0.05) is 49.7 Å². The number of hydrogen-bond acceptors (Lipinski definition) is 8. The molecule has 0 bridgehead atoms. The van der Waals surface area contributed by atoms with Gasteiger partial charge in [-0.25, -0.2) is 0 Å². The van der Waals surface area contributed by atoms with Gasteiger partial charge in [0.1, 0.15) is 17.9 Å². The quantitative estimate of drug-likeness (QED) is 0.0624. The molecule has 1 aromatic heterocycles. The molecule has 0 amide bonds. The molecule has 0 spiro atoms. The topological polar surface area (TPSA) is 145 Å². The smallest absolute Gasteiger partial charge is 0.176 e. The van der Waals surface area contributed by atoms with Crippen LogP contribution in [0.15, 0.2) is 102 Å². The third kappa shape index (κ3) is 8.93. The lowest BCUT2D eigenvalue weighted by molar-refractivity contribution is -0.125. The number of fused-ring (bicyclic) bond motifs is 1. The van der Waals surface area contributed by atoms with Gasteiger partial charge in [-0.3, -0.25) is 4.79 Å². The normalized spacial score (nSPS) is 14.1. The first-order valence-electron chi connectivity index (χ1n) is 18.0.